The second-order valence-electron chi connectivity index (χ2n) is 6.73. The largest absolute Gasteiger partial charge is 0.459 e. The third-order valence-electron chi connectivity index (χ3n) is 4.89. The van der Waals surface area contributed by atoms with Crippen molar-refractivity contribution in [3.63, 3.8) is 0 Å². The summed E-state index contributed by atoms with van der Waals surface area (Å²) in [6.45, 7) is 3.48. The van der Waals surface area contributed by atoms with Crippen LogP contribution in [0.1, 0.15) is 29.5 Å². The molecule has 2 heterocycles. The minimum absolute atomic E-state index is 0.0602. The summed E-state index contributed by atoms with van der Waals surface area (Å²) < 4.78 is 5.14. The minimum atomic E-state index is -0.175. The Bertz CT molecular complexity index is 907. The monoisotopic (exact) mass is 394 g/mol. The second kappa shape index (κ2) is 9.06. The molecule has 1 aliphatic rings. The summed E-state index contributed by atoms with van der Waals surface area (Å²) in [7, 11) is 0. The fraction of sp³-hybridized carbons (Fsp3) is 0.333. The molecule has 0 atom stereocenters. The van der Waals surface area contributed by atoms with Gasteiger partial charge in [-0.2, -0.15) is 5.26 Å². The molecule has 0 unspecified atom stereocenters. The SMILES string of the molecule is CC(=O)N(CCC(=O)N1CCN(C(=O)c2ccco2)CC1)c1ccc(C#N)cc1. The van der Waals surface area contributed by atoms with E-state index in [4.69, 9.17) is 9.68 Å². The van der Waals surface area contributed by atoms with E-state index in [1.54, 1.807) is 46.2 Å². The second-order valence-corrected chi connectivity index (χ2v) is 6.73. The zero-order chi connectivity index (χ0) is 20.8. The lowest BCUT2D eigenvalue weighted by molar-refractivity contribution is -0.132. The minimum Gasteiger partial charge on any atom is -0.459 e. The van der Waals surface area contributed by atoms with Gasteiger partial charge < -0.3 is 19.1 Å². The van der Waals surface area contributed by atoms with Crippen LogP contribution in [0.15, 0.2) is 47.1 Å². The molecule has 1 fully saturated rings. The molecule has 0 saturated carbocycles. The van der Waals surface area contributed by atoms with Crippen molar-refractivity contribution in [3.8, 4) is 6.07 Å². The first kappa shape index (κ1) is 20.1. The van der Waals surface area contributed by atoms with Crippen LogP contribution in [-0.4, -0.2) is 60.2 Å². The standard InChI is InChI=1S/C21H22N4O4/c1-16(26)25(18-6-4-17(15-22)5-7-18)9-8-20(27)23-10-12-24(13-11-23)21(28)19-3-2-14-29-19/h2-7,14H,8-13H2,1H3. The lowest BCUT2D eigenvalue weighted by Crippen LogP contribution is -2.51. The van der Waals surface area contributed by atoms with Gasteiger partial charge in [0.25, 0.3) is 5.91 Å². The average Bonchev–Trinajstić information content (AvgIpc) is 3.28. The number of rotatable bonds is 5. The highest BCUT2D eigenvalue weighted by Crippen LogP contribution is 2.17. The lowest BCUT2D eigenvalue weighted by atomic mass is 10.2. The van der Waals surface area contributed by atoms with Crippen LogP contribution in [0.5, 0.6) is 0 Å². The molecule has 8 nitrogen and oxygen atoms in total. The Balaban J connectivity index is 1.52. The normalized spacial score (nSPS) is 13.7. The number of anilines is 1. The molecule has 3 amide bonds. The number of hydrogen-bond donors (Lipinski definition) is 0. The summed E-state index contributed by atoms with van der Waals surface area (Å²) in [4.78, 5) is 41.8. The summed E-state index contributed by atoms with van der Waals surface area (Å²) in [6, 6.07) is 12.0. The number of benzene rings is 1. The number of amides is 3. The van der Waals surface area contributed by atoms with E-state index >= 15 is 0 Å². The van der Waals surface area contributed by atoms with Gasteiger partial charge in [0, 0.05) is 51.8 Å². The van der Waals surface area contributed by atoms with Gasteiger partial charge in [-0.25, -0.2) is 0 Å². The molecule has 1 aromatic carbocycles. The highest BCUT2D eigenvalue weighted by molar-refractivity contribution is 5.93. The van der Waals surface area contributed by atoms with Crippen LogP contribution in [-0.2, 0) is 9.59 Å². The Morgan fingerprint density at radius 3 is 2.28 bits per heavy atom. The highest BCUT2D eigenvalue weighted by Gasteiger charge is 2.26. The van der Waals surface area contributed by atoms with Crippen molar-refractivity contribution >= 4 is 23.4 Å². The van der Waals surface area contributed by atoms with E-state index in [0.29, 0.717) is 43.2 Å². The summed E-state index contributed by atoms with van der Waals surface area (Å²) in [5.41, 5.74) is 1.16. The average molecular weight is 394 g/mol. The van der Waals surface area contributed by atoms with Gasteiger partial charge in [0.05, 0.1) is 17.9 Å². The Hall–Kier alpha value is -3.60. The van der Waals surface area contributed by atoms with Gasteiger partial charge in [-0.15, -0.1) is 0 Å². The van der Waals surface area contributed by atoms with E-state index in [2.05, 4.69) is 0 Å². The van der Waals surface area contributed by atoms with Crippen molar-refractivity contribution in [3.05, 3.63) is 54.0 Å². The first-order valence-corrected chi connectivity index (χ1v) is 9.38. The smallest absolute Gasteiger partial charge is 0.289 e. The first-order valence-electron chi connectivity index (χ1n) is 9.38. The molecule has 1 aromatic heterocycles. The van der Waals surface area contributed by atoms with Crippen LogP contribution < -0.4 is 4.90 Å². The van der Waals surface area contributed by atoms with Crippen molar-refractivity contribution in [2.75, 3.05) is 37.6 Å². The number of carbonyl (C=O) groups is 3. The summed E-state index contributed by atoms with van der Waals surface area (Å²) in [6.07, 6.45) is 1.65. The molecule has 8 heteroatoms. The number of nitriles is 1. The number of furan rings is 1. The van der Waals surface area contributed by atoms with Crippen LogP contribution in [0.4, 0.5) is 5.69 Å². The zero-order valence-electron chi connectivity index (χ0n) is 16.2. The molecule has 1 aliphatic heterocycles. The highest BCUT2D eigenvalue weighted by atomic mass is 16.3. The summed E-state index contributed by atoms with van der Waals surface area (Å²) >= 11 is 0. The maximum atomic E-state index is 12.6. The molecule has 150 valence electrons. The lowest BCUT2D eigenvalue weighted by Gasteiger charge is -2.34. The molecule has 29 heavy (non-hydrogen) atoms. The third-order valence-corrected chi connectivity index (χ3v) is 4.89. The van der Waals surface area contributed by atoms with E-state index in [1.165, 1.54) is 18.1 Å². The van der Waals surface area contributed by atoms with Crippen LogP contribution in [0.3, 0.4) is 0 Å². The van der Waals surface area contributed by atoms with Crippen LogP contribution in [0.2, 0.25) is 0 Å². The zero-order valence-corrected chi connectivity index (χ0v) is 16.2. The van der Waals surface area contributed by atoms with Crippen molar-refractivity contribution in [1.82, 2.24) is 9.80 Å². The number of hydrogen-bond acceptors (Lipinski definition) is 5. The molecular weight excluding hydrogens is 372 g/mol. The quantitative estimate of drug-likeness (QED) is 0.771. The fourth-order valence-electron chi connectivity index (χ4n) is 3.26. The fourth-order valence-corrected chi connectivity index (χ4v) is 3.26. The van der Waals surface area contributed by atoms with Crippen LogP contribution >= 0.6 is 0 Å². The van der Waals surface area contributed by atoms with Gasteiger partial charge >= 0.3 is 0 Å². The van der Waals surface area contributed by atoms with Gasteiger partial charge in [-0.3, -0.25) is 14.4 Å². The van der Waals surface area contributed by atoms with E-state index in [1.807, 2.05) is 6.07 Å². The topological polar surface area (TPSA) is 97.9 Å². The Morgan fingerprint density at radius 2 is 1.72 bits per heavy atom. The molecular formula is C21H22N4O4. The number of piperazine rings is 1. The predicted molar refractivity (Wildman–Crippen MR) is 105 cm³/mol. The Morgan fingerprint density at radius 1 is 1.07 bits per heavy atom. The maximum Gasteiger partial charge on any atom is 0.289 e. The molecule has 3 rings (SSSR count). The van der Waals surface area contributed by atoms with Gasteiger partial charge in [-0.1, -0.05) is 0 Å². The van der Waals surface area contributed by atoms with Crippen molar-refractivity contribution < 1.29 is 18.8 Å². The first-order chi connectivity index (χ1) is 14.0. The Labute approximate surface area is 168 Å². The van der Waals surface area contributed by atoms with Crippen molar-refractivity contribution in [2.45, 2.75) is 13.3 Å². The van der Waals surface area contributed by atoms with Crippen molar-refractivity contribution in [1.29, 1.82) is 5.26 Å². The molecule has 0 spiro atoms. The van der Waals surface area contributed by atoms with E-state index in [0.717, 1.165) is 0 Å². The van der Waals surface area contributed by atoms with Crippen LogP contribution in [0, 0.1) is 11.3 Å². The third kappa shape index (κ3) is 4.82. The molecule has 1 saturated heterocycles. The summed E-state index contributed by atoms with van der Waals surface area (Å²) in [5.74, 6) is -0.110. The van der Waals surface area contributed by atoms with Gasteiger partial charge in [0.1, 0.15) is 0 Å². The van der Waals surface area contributed by atoms with Crippen molar-refractivity contribution in [2.24, 2.45) is 0 Å². The molecule has 0 bridgehead atoms. The van der Waals surface area contributed by atoms with E-state index in [-0.39, 0.29) is 30.7 Å². The van der Waals surface area contributed by atoms with Gasteiger partial charge in [0.2, 0.25) is 11.8 Å². The van der Waals surface area contributed by atoms with Gasteiger partial charge in [0.15, 0.2) is 5.76 Å². The van der Waals surface area contributed by atoms with E-state index < -0.39 is 0 Å². The summed E-state index contributed by atoms with van der Waals surface area (Å²) in [5, 5.41) is 8.89. The number of nitrogens with zero attached hydrogens (tertiary/aromatic N) is 4. The predicted octanol–water partition coefficient (Wildman–Crippen LogP) is 1.88. The number of carbonyl (C=O) groups excluding carboxylic acids is 3. The maximum absolute atomic E-state index is 12.6. The Kier molecular flexibility index (Phi) is 6.29. The molecule has 0 N–H and O–H groups in total. The molecule has 0 aliphatic carbocycles. The molecule has 2 aromatic rings. The van der Waals surface area contributed by atoms with Gasteiger partial charge in [-0.05, 0) is 36.4 Å². The van der Waals surface area contributed by atoms with E-state index in [9.17, 15) is 14.4 Å². The van der Waals surface area contributed by atoms with Crippen LogP contribution in [0.25, 0.3) is 0 Å². The molecule has 0 radical (unpaired) electrons.